The van der Waals surface area contributed by atoms with Gasteiger partial charge in [-0.05, 0) is 18.2 Å². The van der Waals surface area contributed by atoms with Crippen molar-refractivity contribution in [3.8, 4) is 0 Å². The molecule has 0 radical (unpaired) electrons. The Hall–Kier alpha value is -1.42. The van der Waals surface area contributed by atoms with Crippen molar-refractivity contribution in [1.29, 1.82) is 0 Å². The Labute approximate surface area is 64.4 Å². The summed E-state index contributed by atoms with van der Waals surface area (Å²) in [6.45, 7) is 0.00601. The first kappa shape index (κ1) is 7.68. The van der Waals surface area contributed by atoms with Crippen LogP contribution in [0.1, 0.15) is 5.69 Å². The molecule has 0 saturated carbocycles. The van der Waals surface area contributed by atoms with Gasteiger partial charge in [-0.15, -0.1) is 10.2 Å². The van der Waals surface area contributed by atoms with E-state index in [1.165, 1.54) is 0 Å². The van der Waals surface area contributed by atoms with E-state index in [1.807, 2.05) is 0 Å². The molecule has 0 fully saturated rings. The minimum absolute atomic E-state index is 0.00601. The molecule has 3 N–H and O–H groups in total. The molecule has 0 saturated heterocycles. The van der Waals surface area contributed by atoms with Gasteiger partial charge in [0.05, 0.1) is 12.3 Å². The zero-order chi connectivity index (χ0) is 8.10. The van der Waals surface area contributed by atoms with E-state index in [0.717, 1.165) is 0 Å². The standard InChI is InChI=1S/C7H9N3O/c8-7-4-3-6(9-10-7)2-1-5-11/h1-4,11H,5H2,(H2,8,10). The minimum atomic E-state index is 0.00601. The first-order chi connectivity index (χ1) is 5.33. The molecule has 4 heteroatoms. The van der Waals surface area contributed by atoms with E-state index in [4.69, 9.17) is 10.8 Å². The SMILES string of the molecule is Nc1ccc(C=CCO)nn1. The van der Waals surface area contributed by atoms with Crippen molar-refractivity contribution in [2.45, 2.75) is 0 Å². The predicted molar refractivity (Wildman–Crippen MR) is 42.6 cm³/mol. The number of nitrogens with two attached hydrogens (primary N) is 1. The lowest BCUT2D eigenvalue weighted by atomic mass is 10.3. The van der Waals surface area contributed by atoms with Crippen LogP contribution in [0.4, 0.5) is 5.82 Å². The first-order valence-corrected chi connectivity index (χ1v) is 3.19. The third-order valence-corrected chi connectivity index (χ3v) is 1.10. The second kappa shape index (κ2) is 3.68. The summed E-state index contributed by atoms with van der Waals surface area (Å²) in [4.78, 5) is 0. The Kier molecular flexibility index (Phi) is 2.57. The van der Waals surface area contributed by atoms with E-state index in [-0.39, 0.29) is 6.61 Å². The Morgan fingerprint density at radius 1 is 1.45 bits per heavy atom. The Bertz CT molecular complexity index is 242. The molecule has 0 spiro atoms. The quantitative estimate of drug-likeness (QED) is 0.627. The smallest absolute Gasteiger partial charge is 0.146 e. The van der Waals surface area contributed by atoms with Crippen molar-refractivity contribution in [2.24, 2.45) is 0 Å². The normalized spacial score (nSPS) is 10.6. The van der Waals surface area contributed by atoms with Crippen molar-refractivity contribution in [3.05, 3.63) is 23.9 Å². The van der Waals surface area contributed by atoms with Crippen molar-refractivity contribution in [3.63, 3.8) is 0 Å². The average Bonchev–Trinajstić information content (AvgIpc) is 2.04. The van der Waals surface area contributed by atoms with Crippen LogP contribution in [0.5, 0.6) is 0 Å². The van der Waals surface area contributed by atoms with Gasteiger partial charge in [0.15, 0.2) is 0 Å². The van der Waals surface area contributed by atoms with E-state index in [2.05, 4.69) is 10.2 Å². The van der Waals surface area contributed by atoms with Crippen LogP contribution in [0.15, 0.2) is 18.2 Å². The number of hydrogen-bond donors (Lipinski definition) is 2. The van der Waals surface area contributed by atoms with Crippen LogP contribution in [0.2, 0.25) is 0 Å². The number of aliphatic hydroxyl groups excluding tert-OH is 1. The Morgan fingerprint density at radius 3 is 2.82 bits per heavy atom. The van der Waals surface area contributed by atoms with Gasteiger partial charge in [0.1, 0.15) is 5.82 Å². The summed E-state index contributed by atoms with van der Waals surface area (Å²) in [7, 11) is 0. The number of nitrogens with zero attached hydrogens (tertiary/aromatic N) is 2. The second-order valence-electron chi connectivity index (χ2n) is 1.97. The van der Waals surface area contributed by atoms with Crippen LogP contribution in [0, 0.1) is 0 Å². The maximum atomic E-state index is 8.42. The van der Waals surface area contributed by atoms with E-state index >= 15 is 0 Å². The summed E-state index contributed by atoms with van der Waals surface area (Å²) >= 11 is 0. The third kappa shape index (κ3) is 2.35. The molecule has 1 heterocycles. The van der Waals surface area contributed by atoms with Crippen LogP contribution in [0.25, 0.3) is 6.08 Å². The fourth-order valence-electron chi connectivity index (χ4n) is 0.615. The van der Waals surface area contributed by atoms with Crippen molar-refractivity contribution >= 4 is 11.9 Å². The number of hydrogen-bond acceptors (Lipinski definition) is 4. The van der Waals surface area contributed by atoms with Crippen LogP contribution in [0.3, 0.4) is 0 Å². The molecular weight excluding hydrogens is 142 g/mol. The lowest BCUT2D eigenvalue weighted by Crippen LogP contribution is -1.93. The molecule has 0 atom stereocenters. The zero-order valence-corrected chi connectivity index (χ0v) is 5.94. The second-order valence-corrected chi connectivity index (χ2v) is 1.97. The van der Waals surface area contributed by atoms with Gasteiger partial charge in [-0.3, -0.25) is 0 Å². The molecule has 0 aliphatic carbocycles. The van der Waals surface area contributed by atoms with Crippen molar-refractivity contribution in [2.75, 3.05) is 12.3 Å². The fraction of sp³-hybridized carbons (Fsp3) is 0.143. The van der Waals surface area contributed by atoms with Gasteiger partial charge < -0.3 is 10.8 Å². The highest BCUT2D eigenvalue weighted by molar-refractivity contribution is 5.45. The van der Waals surface area contributed by atoms with Gasteiger partial charge in [0, 0.05) is 0 Å². The predicted octanol–water partition coefficient (Wildman–Crippen LogP) is 0.0643. The van der Waals surface area contributed by atoms with E-state index in [0.29, 0.717) is 11.5 Å². The largest absolute Gasteiger partial charge is 0.392 e. The number of anilines is 1. The third-order valence-electron chi connectivity index (χ3n) is 1.10. The summed E-state index contributed by atoms with van der Waals surface area (Å²) in [6.07, 6.45) is 3.26. The van der Waals surface area contributed by atoms with E-state index in [9.17, 15) is 0 Å². The Balaban J connectivity index is 2.73. The van der Waals surface area contributed by atoms with Crippen LogP contribution < -0.4 is 5.73 Å². The van der Waals surface area contributed by atoms with Crippen molar-refractivity contribution in [1.82, 2.24) is 10.2 Å². The minimum Gasteiger partial charge on any atom is -0.392 e. The highest BCUT2D eigenvalue weighted by Crippen LogP contribution is 1.98. The lowest BCUT2D eigenvalue weighted by molar-refractivity contribution is 0.343. The lowest BCUT2D eigenvalue weighted by Gasteiger charge is -1.90. The van der Waals surface area contributed by atoms with Crippen LogP contribution >= 0.6 is 0 Å². The maximum absolute atomic E-state index is 8.42. The summed E-state index contributed by atoms with van der Waals surface area (Å²) in [5.41, 5.74) is 6.00. The van der Waals surface area contributed by atoms with Gasteiger partial charge in [0.25, 0.3) is 0 Å². The molecule has 0 unspecified atom stereocenters. The molecule has 11 heavy (non-hydrogen) atoms. The molecule has 0 aliphatic heterocycles. The number of rotatable bonds is 2. The summed E-state index contributed by atoms with van der Waals surface area (Å²) in [6, 6.07) is 3.39. The number of aliphatic hydroxyl groups is 1. The van der Waals surface area contributed by atoms with Gasteiger partial charge in [0.2, 0.25) is 0 Å². The number of aromatic nitrogens is 2. The molecule has 0 aromatic carbocycles. The van der Waals surface area contributed by atoms with Crippen LogP contribution in [-0.2, 0) is 0 Å². The maximum Gasteiger partial charge on any atom is 0.146 e. The van der Waals surface area contributed by atoms with Gasteiger partial charge in [-0.1, -0.05) is 6.08 Å². The van der Waals surface area contributed by atoms with Gasteiger partial charge in [-0.2, -0.15) is 0 Å². The van der Waals surface area contributed by atoms with E-state index < -0.39 is 0 Å². The molecule has 1 rings (SSSR count). The van der Waals surface area contributed by atoms with Gasteiger partial charge in [-0.25, -0.2) is 0 Å². The highest BCUT2D eigenvalue weighted by Gasteiger charge is 1.87. The average molecular weight is 151 g/mol. The monoisotopic (exact) mass is 151 g/mol. The molecule has 1 aromatic rings. The molecule has 0 aliphatic rings. The molecule has 0 bridgehead atoms. The van der Waals surface area contributed by atoms with E-state index in [1.54, 1.807) is 24.3 Å². The molecule has 4 nitrogen and oxygen atoms in total. The summed E-state index contributed by atoms with van der Waals surface area (Å²) < 4.78 is 0. The summed E-state index contributed by atoms with van der Waals surface area (Å²) in [5, 5.41) is 15.8. The van der Waals surface area contributed by atoms with Gasteiger partial charge >= 0.3 is 0 Å². The zero-order valence-electron chi connectivity index (χ0n) is 5.94. The molecular formula is C7H9N3O. The number of nitrogen functional groups attached to an aromatic ring is 1. The first-order valence-electron chi connectivity index (χ1n) is 3.19. The Morgan fingerprint density at radius 2 is 2.27 bits per heavy atom. The summed E-state index contributed by atoms with van der Waals surface area (Å²) in [5.74, 6) is 0.395. The molecule has 0 amide bonds. The molecule has 1 aromatic heterocycles. The van der Waals surface area contributed by atoms with Crippen molar-refractivity contribution < 1.29 is 5.11 Å². The topological polar surface area (TPSA) is 72.0 Å². The van der Waals surface area contributed by atoms with Crippen LogP contribution in [-0.4, -0.2) is 21.9 Å². The highest BCUT2D eigenvalue weighted by atomic mass is 16.2. The fourth-order valence-corrected chi connectivity index (χ4v) is 0.615. The molecule has 58 valence electrons.